The Hall–Kier alpha value is -2.53. The summed E-state index contributed by atoms with van der Waals surface area (Å²) in [4.78, 5) is 14.4. The smallest absolute Gasteiger partial charge is 0.321 e. The van der Waals surface area contributed by atoms with Gasteiger partial charge in [0.05, 0.1) is 5.60 Å². The van der Waals surface area contributed by atoms with Gasteiger partial charge in [-0.2, -0.15) is 0 Å². The number of likely N-dealkylation sites (tertiary alicyclic amines) is 1. The highest BCUT2D eigenvalue weighted by molar-refractivity contribution is 5.89. The molecule has 5 heteroatoms. The van der Waals surface area contributed by atoms with Gasteiger partial charge < -0.3 is 20.1 Å². The average molecular weight is 380 g/mol. The van der Waals surface area contributed by atoms with Crippen LogP contribution in [0.3, 0.4) is 0 Å². The summed E-state index contributed by atoms with van der Waals surface area (Å²) in [6, 6.07) is 16.9. The Morgan fingerprint density at radius 3 is 2.21 bits per heavy atom. The second-order valence-corrected chi connectivity index (χ2v) is 7.94. The molecule has 1 saturated carbocycles. The van der Waals surface area contributed by atoms with Crippen LogP contribution in [0.15, 0.2) is 54.6 Å². The zero-order chi connectivity index (χ0) is 19.4. The Balaban J connectivity index is 1.29. The first-order valence-electron chi connectivity index (χ1n) is 10.2. The zero-order valence-corrected chi connectivity index (χ0v) is 16.1. The highest BCUT2D eigenvalue weighted by Gasteiger charge is 2.41. The van der Waals surface area contributed by atoms with E-state index in [4.69, 9.17) is 4.74 Å². The average Bonchev–Trinajstić information content (AvgIpc) is 3.27. The summed E-state index contributed by atoms with van der Waals surface area (Å²) in [5, 5.41) is 13.9. The van der Waals surface area contributed by atoms with Gasteiger partial charge in [0.2, 0.25) is 0 Å². The van der Waals surface area contributed by atoms with Crippen molar-refractivity contribution in [1.82, 2.24) is 4.90 Å². The first-order chi connectivity index (χ1) is 13.6. The van der Waals surface area contributed by atoms with E-state index in [-0.39, 0.29) is 6.03 Å². The van der Waals surface area contributed by atoms with E-state index in [0.717, 1.165) is 30.0 Å². The SMILES string of the molecule is O=C(Nc1ccc(Oc2ccccc2)cc1)N1CCC(O)(C2CCCC2)CC1. The number of nitrogens with zero attached hydrogens (tertiary/aromatic N) is 1. The summed E-state index contributed by atoms with van der Waals surface area (Å²) in [6.45, 7) is 1.21. The molecule has 0 bridgehead atoms. The molecule has 1 aliphatic carbocycles. The van der Waals surface area contributed by atoms with Crippen LogP contribution in [0.1, 0.15) is 38.5 Å². The Labute approximate surface area is 166 Å². The van der Waals surface area contributed by atoms with Crippen molar-refractivity contribution in [3.63, 3.8) is 0 Å². The fourth-order valence-electron chi connectivity index (χ4n) is 4.40. The Kier molecular flexibility index (Phi) is 5.53. The molecule has 2 aliphatic rings. The third-order valence-electron chi connectivity index (χ3n) is 6.12. The minimum absolute atomic E-state index is 0.106. The molecule has 2 aromatic carbocycles. The number of piperidine rings is 1. The van der Waals surface area contributed by atoms with Crippen molar-refractivity contribution in [2.75, 3.05) is 18.4 Å². The summed E-state index contributed by atoms with van der Waals surface area (Å²) in [7, 11) is 0. The van der Waals surface area contributed by atoms with Crippen LogP contribution in [0.4, 0.5) is 10.5 Å². The van der Waals surface area contributed by atoms with Crippen LogP contribution in [0.25, 0.3) is 0 Å². The highest BCUT2D eigenvalue weighted by Crippen LogP contribution is 2.40. The molecule has 1 saturated heterocycles. The first kappa shape index (κ1) is 18.8. The number of carbonyl (C=O) groups is 1. The predicted molar refractivity (Wildman–Crippen MR) is 110 cm³/mol. The number of para-hydroxylation sites is 1. The topological polar surface area (TPSA) is 61.8 Å². The normalized spacial score (nSPS) is 19.4. The molecule has 0 atom stereocenters. The number of anilines is 1. The maximum Gasteiger partial charge on any atom is 0.321 e. The van der Waals surface area contributed by atoms with Crippen LogP contribution < -0.4 is 10.1 Å². The number of amides is 2. The molecular weight excluding hydrogens is 352 g/mol. The largest absolute Gasteiger partial charge is 0.457 e. The number of carbonyl (C=O) groups excluding carboxylic acids is 1. The standard InChI is InChI=1S/C23H28N2O3/c26-22(25-16-14-23(27,15-17-25)18-6-4-5-7-18)24-19-10-12-21(13-11-19)28-20-8-2-1-3-9-20/h1-3,8-13,18,27H,4-7,14-17H2,(H,24,26). The number of benzene rings is 2. The predicted octanol–water partition coefficient (Wildman–Crippen LogP) is 5.03. The van der Waals surface area contributed by atoms with Crippen LogP contribution in [0, 0.1) is 5.92 Å². The van der Waals surface area contributed by atoms with Gasteiger partial charge in [0.25, 0.3) is 0 Å². The third kappa shape index (κ3) is 4.30. The summed E-state index contributed by atoms with van der Waals surface area (Å²) in [5.74, 6) is 1.92. The number of ether oxygens (including phenoxy) is 1. The lowest BCUT2D eigenvalue weighted by Gasteiger charge is -2.41. The van der Waals surface area contributed by atoms with E-state index >= 15 is 0 Å². The van der Waals surface area contributed by atoms with Crippen LogP contribution in [-0.2, 0) is 0 Å². The fourth-order valence-corrected chi connectivity index (χ4v) is 4.40. The first-order valence-corrected chi connectivity index (χ1v) is 10.2. The molecule has 4 rings (SSSR count). The Bertz CT molecular complexity index is 777. The third-order valence-corrected chi connectivity index (χ3v) is 6.12. The van der Waals surface area contributed by atoms with Gasteiger partial charge in [-0.15, -0.1) is 0 Å². The lowest BCUT2D eigenvalue weighted by molar-refractivity contribution is -0.0574. The number of hydrogen-bond acceptors (Lipinski definition) is 3. The van der Waals surface area contributed by atoms with Crippen LogP contribution >= 0.6 is 0 Å². The second-order valence-electron chi connectivity index (χ2n) is 7.94. The van der Waals surface area contributed by atoms with Crippen molar-refractivity contribution in [2.45, 2.75) is 44.1 Å². The molecule has 0 spiro atoms. The number of urea groups is 1. The van der Waals surface area contributed by atoms with Crippen LogP contribution in [0.5, 0.6) is 11.5 Å². The molecule has 5 nitrogen and oxygen atoms in total. The number of nitrogens with one attached hydrogen (secondary N) is 1. The van der Waals surface area contributed by atoms with Gasteiger partial charge in [-0.3, -0.25) is 0 Å². The lowest BCUT2D eigenvalue weighted by Crippen LogP contribution is -2.50. The molecule has 0 unspecified atom stereocenters. The number of rotatable bonds is 4. The van der Waals surface area contributed by atoms with Crippen molar-refractivity contribution in [2.24, 2.45) is 5.92 Å². The minimum atomic E-state index is -0.580. The van der Waals surface area contributed by atoms with E-state index in [1.165, 1.54) is 12.8 Å². The molecule has 2 fully saturated rings. The maximum absolute atomic E-state index is 12.6. The minimum Gasteiger partial charge on any atom is -0.457 e. The number of aliphatic hydroxyl groups is 1. The van der Waals surface area contributed by atoms with Crippen molar-refractivity contribution in [3.8, 4) is 11.5 Å². The molecular formula is C23H28N2O3. The molecule has 0 aromatic heterocycles. The van der Waals surface area contributed by atoms with E-state index in [2.05, 4.69) is 5.32 Å². The monoisotopic (exact) mass is 380 g/mol. The van der Waals surface area contributed by atoms with Crippen molar-refractivity contribution in [1.29, 1.82) is 0 Å². The second kappa shape index (κ2) is 8.23. The summed E-state index contributed by atoms with van der Waals surface area (Å²) in [5.41, 5.74) is 0.158. The van der Waals surface area contributed by atoms with Gasteiger partial charge >= 0.3 is 6.03 Å². The van der Waals surface area contributed by atoms with Gasteiger partial charge in [-0.25, -0.2) is 4.79 Å². The number of hydrogen-bond donors (Lipinski definition) is 2. The molecule has 2 aromatic rings. The van der Waals surface area contributed by atoms with E-state index in [1.54, 1.807) is 4.90 Å². The molecule has 2 amide bonds. The van der Waals surface area contributed by atoms with Gasteiger partial charge in [0, 0.05) is 18.8 Å². The molecule has 2 N–H and O–H groups in total. The van der Waals surface area contributed by atoms with Gasteiger partial charge in [-0.1, -0.05) is 31.0 Å². The van der Waals surface area contributed by atoms with E-state index in [0.29, 0.717) is 31.8 Å². The van der Waals surface area contributed by atoms with Gasteiger partial charge in [-0.05, 0) is 68.0 Å². The highest BCUT2D eigenvalue weighted by atomic mass is 16.5. The van der Waals surface area contributed by atoms with E-state index < -0.39 is 5.60 Å². The van der Waals surface area contributed by atoms with Crippen molar-refractivity contribution in [3.05, 3.63) is 54.6 Å². The summed E-state index contributed by atoms with van der Waals surface area (Å²) in [6.07, 6.45) is 6.05. The van der Waals surface area contributed by atoms with E-state index in [9.17, 15) is 9.90 Å². The van der Waals surface area contributed by atoms with Crippen LogP contribution in [-0.4, -0.2) is 34.7 Å². The Morgan fingerprint density at radius 2 is 1.57 bits per heavy atom. The summed E-state index contributed by atoms with van der Waals surface area (Å²) >= 11 is 0. The lowest BCUT2D eigenvalue weighted by atomic mass is 9.78. The molecule has 1 heterocycles. The fraction of sp³-hybridized carbons (Fsp3) is 0.435. The zero-order valence-electron chi connectivity index (χ0n) is 16.1. The molecule has 1 aliphatic heterocycles. The molecule has 148 valence electrons. The quantitative estimate of drug-likeness (QED) is 0.782. The Morgan fingerprint density at radius 1 is 0.964 bits per heavy atom. The van der Waals surface area contributed by atoms with Crippen LogP contribution in [0.2, 0.25) is 0 Å². The van der Waals surface area contributed by atoms with Crippen molar-refractivity contribution >= 4 is 11.7 Å². The molecule has 0 radical (unpaired) electrons. The summed E-state index contributed by atoms with van der Waals surface area (Å²) < 4.78 is 5.78. The van der Waals surface area contributed by atoms with Crippen molar-refractivity contribution < 1.29 is 14.6 Å². The van der Waals surface area contributed by atoms with Gasteiger partial charge in [0.1, 0.15) is 11.5 Å². The van der Waals surface area contributed by atoms with Gasteiger partial charge in [0.15, 0.2) is 0 Å². The maximum atomic E-state index is 12.6. The molecule has 28 heavy (non-hydrogen) atoms. The van der Waals surface area contributed by atoms with E-state index in [1.807, 2.05) is 54.6 Å².